The Bertz CT molecular complexity index is 925. The standard InChI is InChI=1S/C21H22N2O5/c1-12-5-3-6-14(9-12)10-15(21(26)27)11-22-20(25)16-7-4-8-17-18(16)28-13(2)19(24)23-17/h3-9,13,15H,10-11H2,1-2H3,(H,22,25)(H,23,24)(H,26,27)/t13-,15-/m1/s1. The molecule has 7 heteroatoms. The van der Waals surface area contributed by atoms with Crippen LogP contribution in [-0.4, -0.2) is 35.5 Å². The second-order valence-electron chi connectivity index (χ2n) is 6.87. The predicted octanol–water partition coefficient (Wildman–Crippen LogP) is 2.39. The van der Waals surface area contributed by atoms with Gasteiger partial charge in [-0.1, -0.05) is 35.9 Å². The van der Waals surface area contributed by atoms with Gasteiger partial charge in [0.1, 0.15) is 0 Å². The van der Waals surface area contributed by atoms with E-state index in [1.165, 1.54) is 0 Å². The summed E-state index contributed by atoms with van der Waals surface area (Å²) < 4.78 is 5.57. The number of fused-ring (bicyclic) bond motifs is 1. The quantitative estimate of drug-likeness (QED) is 0.712. The molecule has 1 aliphatic heterocycles. The van der Waals surface area contributed by atoms with Gasteiger partial charge in [0.15, 0.2) is 11.9 Å². The second kappa shape index (κ2) is 8.12. The van der Waals surface area contributed by atoms with Crippen LogP contribution in [0.3, 0.4) is 0 Å². The minimum absolute atomic E-state index is 0.0201. The van der Waals surface area contributed by atoms with Gasteiger partial charge in [-0.3, -0.25) is 14.4 Å². The minimum atomic E-state index is -0.978. The van der Waals surface area contributed by atoms with Crippen molar-refractivity contribution < 1.29 is 24.2 Å². The lowest BCUT2D eigenvalue weighted by Gasteiger charge is -2.25. The van der Waals surface area contributed by atoms with Gasteiger partial charge < -0.3 is 20.5 Å². The molecule has 1 heterocycles. The molecule has 2 aromatic rings. The van der Waals surface area contributed by atoms with Crippen LogP contribution >= 0.6 is 0 Å². The number of rotatable bonds is 6. The van der Waals surface area contributed by atoms with E-state index in [-0.39, 0.29) is 23.8 Å². The molecule has 2 atom stereocenters. The van der Waals surface area contributed by atoms with E-state index in [0.717, 1.165) is 11.1 Å². The monoisotopic (exact) mass is 382 g/mol. The highest BCUT2D eigenvalue weighted by Crippen LogP contribution is 2.33. The molecule has 28 heavy (non-hydrogen) atoms. The number of carbonyl (C=O) groups is 3. The van der Waals surface area contributed by atoms with Gasteiger partial charge in [-0.15, -0.1) is 0 Å². The number of anilines is 1. The molecule has 7 nitrogen and oxygen atoms in total. The lowest BCUT2D eigenvalue weighted by Crippen LogP contribution is -2.37. The van der Waals surface area contributed by atoms with E-state index in [1.807, 2.05) is 31.2 Å². The van der Waals surface area contributed by atoms with Crippen molar-refractivity contribution in [2.45, 2.75) is 26.4 Å². The maximum Gasteiger partial charge on any atom is 0.308 e. The van der Waals surface area contributed by atoms with E-state index in [4.69, 9.17) is 4.74 Å². The van der Waals surface area contributed by atoms with Crippen LogP contribution in [0.2, 0.25) is 0 Å². The summed E-state index contributed by atoms with van der Waals surface area (Å²) in [6, 6.07) is 12.5. The van der Waals surface area contributed by atoms with Crippen molar-refractivity contribution in [2.24, 2.45) is 5.92 Å². The fourth-order valence-electron chi connectivity index (χ4n) is 3.09. The summed E-state index contributed by atoms with van der Waals surface area (Å²) in [6.45, 7) is 3.52. The molecule has 2 amide bonds. The van der Waals surface area contributed by atoms with Gasteiger partial charge in [0.2, 0.25) is 0 Å². The number of amides is 2. The van der Waals surface area contributed by atoms with Crippen LogP contribution in [0.4, 0.5) is 5.69 Å². The van der Waals surface area contributed by atoms with Crippen LogP contribution in [0, 0.1) is 12.8 Å². The van der Waals surface area contributed by atoms with Crippen molar-refractivity contribution in [2.75, 3.05) is 11.9 Å². The number of benzene rings is 2. The van der Waals surface area contributed by atoms with Gasteiger partial charge >= 0.3 is 5.97 Å². The Labute approximate surface area is 162 Å². The molecule has 0 saturated heterocycles. The molecule has 0 saturated carbocycles. The van der Waals surface area contributed by atoms with E-state index < -0.39 is 23.9 Å². The number of aryl methyl sites for hydroxylation is 1. The number of para-hydroxylation sites is 1. The third-order valence-corrected chi connectivity index (χ3v) is 4.60. The minimum Gasteiger partial charge on any atom is -0.481 e. The summed E-state index contributed by atoms with van der Waals surface area (Å²) in [6.07, 6.45) is -0.400. The van der Waals surface area contributed by atoms with Gasteiger partial charge in [0.05, 0.1) is 17.2 Å². The van der Waals surface area contributed by atoms with Crippen LogP contribution in [0.15, 0.2) is 42.5 Å². The molecule has 0 radical (unpaired) electrons. The van der Waals surface area contributed by atoms with Crippen molar-refractivity contribution in [3.05, 3.63) is 59.2 Å². The van der Waals surface area contributed by atoms with Gasteiger partial charge in [0.25, 0.3) is 11.8 Å². The first-order valence-corrected chi connectivity index (χ1v) is 9.02. The molecule has 0 unspecified atom stereocenters. The molecule has 0 spiro atoms. The van der Waals surface area contributed by atoms with Crippen LogP contribution < -0.4 is 15.4 Å². The highest BCUT2D eigenvalue weighted by atomic mass is 16.5. The molecular weight excluding hydrogens is 360 g/mol. The van der Waals surface area contributed by atoms with Gasteiger partial charge in [0, 0.05) is 6.54 Å². The Balaban J connectivity index is 1.71. The third-order valence-electron chi connectivity index (χ3n) is 4.60. The number of hydrogen-bond acceptors (Lipinski definition) is 4. The average Bonchev–Trinajstić information content (AvgIpc) is 2.65. The molecule has 0 bridgehead atoms. The maximum atomic E-state index is 12.6. The Hall–Kier alpha value is -3.35. The lowest BCUT2D eigenvalue weighted by molar-refractivity contribution is -0.141. The van der Waals surface area contributed by atoms with Crippen LogP contribution in [0.25, 0.3) is 0 Å². The summed E-state index contributed by atoms with van der Waals surface area (Å²) >= 11 is 0. The van der Waals surface area contributed by atoms with Crippen LogP contribution in [0.5, 0.6) is 5.75 Å². The molecule has 0 aromatic heterocycles. The third kappa shape index (κ3) is 4.31. The van der Waals surface area contributed by atoms with Crippen LogP contribution in [0.1, 0.15) is 28.4 Å². The van der Waals surface area contributed by atoms with Gasteiger partial charge in [-0.2, -0.15) is 0 Å². The average molecular weight is 382 g/mol. The smallest absolute Gasteiger partial charge is 0.308 e. The van der Waals surface area contributed by atoms with E-state index >= 15 is 0 Å². The Kier molecular flexibility index (Phi) is 5.63. The van der Waals surface area contributed by atoms with E-state index in [0.29, 0.717) is 12.1 Å². The number of ether oxygens (including phenoxy) is 1. The number of carboxylic acids is 1. The lowest BCUT2D eigenvalue weighted by atomic mass is 9.98. The van der Waals surface area contributed by atoms with Crippen molar-refractivity contribution in [3.63, 3.8) is 0 Å². The Morgan fingerprint density at radius 2 is 2.00 bits per heavy atom. The SMILES string of the molecule is Cc1cccc(C[C@H](CNC(=O)c2cccc3c2O[C@H](C)C(=O)N3)C(=O)O)c1. The van der Waals surface area contributed by atoms with Crippen molar-refractivity contribution in [1.82, 2.24) is 5.32 Å². The number of nitrogens with one attached hydrogen (secondary N) is 2. The first-order chi connectivity index (χ1) is 13.3. The van der Waals surface area contributed by atoms with Gasteiger partial charge in [-0.25, -0.2) is 0 Å². The summed E-state index contributed by atoms with van der Waals surface area (Å²) in [7, 11) is 0. The topological polar surface area (TPSA) is 105 Å². The zero-order chi connectivity index (χ0) is 20.3. The molecule has 146 valence electrons. The number of carboxylic acid groups (broad SMARTS) is 1. The fourth-order valence-corrected chi connectivity index (χ4v) is 3.09. The summed E-state index contributed by atoms with van der Waals surface area (Å²) in [5, 5.41) is 14.9. The molecule has 1 aliphatic rings. The Morgan fingerprint density at radius 3 is 2.71 bits per heavy atom. The number of hydrogen-bond donors (Lipinski definition) is 3. The van der Waals surface area contributed by atoms with E-state index in [9.17, 15) is 19.5 Å². The number of carbonyl (C=O) groups excluding carboxylic acids is 2. The molecular formula is C21H22N2O5. The molecule has 2 aromatic carbocycles. The fraction of sp³-hybridized carbons (Fsp3) is 0.286. The molecule has 0 aliphatic carbocycles. The predicted molar refractivity (Wildman–Crippen MR) is 104 cm³/mol. The molecule has 3 rings (SSSR count). The zero-order valence-corrected chi connectivity index (χ0v) is 15.7. The van der Waals surface area contributed by atoms with Crippen LogP contribution in [-0.2, 0) is 16.0 Å². The molecule has 0 fully saturated rings. The maximum absolute atomic E-state index is 12.6. The van der Waals surface area contributed by atoms with Gasteiger partial charge in [-0.05, 0) is 38.0 Å². The summed E-state index contributed by atoms with van der Waals surface area (Å²) in [4.78, 5) is 36.0. The highest BCUT2D eigenvalue weighted by Gasteiger charge is 2.28. The number of aliphatic carboxylic acids is 1. The van der Waals surface area contributed by atoms with E-state index in [2.05, 4.69) is 10.6 Å². The zero-order valence-electron chi connectivity index (χ0n) is 15.7. The Morgan fingerprint density at radius 1 is 1.25 bits per heavy atom. The molecule has 3 N–H and O–H groups in total. The second-order valence-corrected chi connectivity index (χ2v) is 6.87. The van der Waals surface area contributed by atoms with Crippen molar-refractivity contribution in [1.29, 1.82) is 0 Å². The first kappa shape index (κ1) is 19.4. The first-order valence-electron chi connectivity index (χ1n) is 9.02. The summed E-state index contributed by atoms with van der Waals surface area (Å²) in [5.74, 6) is -2.18. The van der Waals surface area contributed by atoms with Crippen molar-refractivity contribution >= 4 is 23.5 Å². The highest BCUT2D eigenvalue weighted by molar-refractivity contribution is 6.04. The normalized spacial score (nSPS) is 16.4. The van der Waals surface area contributed by atoms with Crippen molar-refractivity contribution in [3.8, 4) is 5.75 Å². The van der Waals surface area contributed by atoms with E-state index in [1.54, 1.807) is 25.1 Å². The largest absolute Gasteiger partial charge is 0.481 e. The summed E-state index contributed by atoms with van der Waals surface area (Å²) in [5.41, 5.74) is 2.63.